The lowest BCUT2D eigenvalue weighted by atomic mass is 10.0. The topological polar surface area (TPSA) is 72.7 Å². The molecule has 0 aliphatic heterocycles. The van der Waals surface area contributed by atoms with Crippen molar-refractivity contribution in [2.45, 2.75) is 37.1 Å². The molecule has 0 spiro atoms. The summed E-state index contributed by atoms with van der Waals surface area (Å²) in [7, 11) is 0. The van der Waals surface area contributed by atoms with Gasteiger partial charge in [0.2, 0.25) is 5.91 Å². The van der Waals surface area contributed by atoms with Crippen LogP contribution >= 0.6 is 11.8 Å². The van der Waals surface area contributed by atoms with Crippen LogP contribution in [0.5, 0.6) is 0 Å². The highest BCUT2D eigenvalue weighted by Crippen LogP contribution is 2.30. The first-order valence-electron chi connectivity index (χ1n) is 10.5. The molecule has 0 aliphatic rings. The molecule has 1 atom stereocenters. The van der Waals surface area contributed by atoms with E-state index in [9.17, 15) is 4.79 Å². The smallest absolute Gasteiger partial charge is 0.237 e. The van der Waals surface area contributed by atoms with Gasteiger partial charge in [0, 0.05) is 29.3 Å². The van der Waals surface area contributed by atoms with Crippen molar-refractivity contribution in [3.8, 4) is 17.1 Å². The number of aromatic nitrogens is 4. The average molecular weight is 444 g/mol. The largest absolute Gasteiger partial charge is 0.325 e. The molecular formula is C25H25N5OS. The van der Waals surface area contributed by atoms with Crippen molar-refractivity contribution >= 4 is 23.4 Å². The molecule has 2 aromatic carbocycles. The maximum absolute atomic E-state index is 12.9. The van der Waals surface area contributed by atoms with Crippen molar-refractivity contribution in [1.82, 2.24) is 19.7 Å². The van der Waals surface area contributed by atoms with E-state index in [1.165, 1.54) is 17.3 Å². The van der Waals surface area contributed by atoms with Crippen LogP contribution in [0.25, 0.3) is 17.1 Å². The molecule has 1 N–H and O–H groups in total. The Morgan fingerprint density at radius 2 is 1.69 bits per heavy atom. The molecule has 2 aromatic heterocycles. The van der Waals surface area contributed by atoms with Crippen LogP contribution in [-0.4, -0.2) is 30.9 Å². The van der Waals surface area contributed by atoms with Crippen molar-refractivity contribution < 1.29 is 4.79 Å². The standard InChI is InChI=1S/C25H25N5OS/c1-17(2)19-11-13-21(14-12-19)27-24(31)18(3)32-25-29-28-23(20-8-7-15-26-16-20)30(25)22-9-5-4-6-10-22/h4-18H,1-3H3,(H,27,31). The van der Waals surface area contributed by atoms with E-state index < -0.39 is 0 Å². The van der Waals surface area contributed by atoms with Gasteiger partial charge in [0.05, 0.1) is 5.25 Å². The molecule has 0 saturated carbocycles. The second-order valence-electron chi connectivity index (χ2n) is 7.74. The van der Waals surface area contributed by atoms with Crippen molar-refractivity contribution in [1.29, 1.82) is 0 Å². The van der Waals surface area contributed by atoms with Crippen LogP contribution in [0.1, 0.15) is 32.3 Å². The minimum atomic E-state index is -0.367. The van der Waals surface area contributed by atoms with Crippen LogP contribution in [0.4, 0.5) is 5.69 Å². The van der Waals surface area contributed by atoms with E-state index in [0.29, 0.717) is 16.9 Å². The van der Waals surface area contributed by atoms with Gasteiger partial charge in [0.15, 0.2) is 11.0 Å². The maximum Gasteiger partial charge on any atom is 0.237 e. The van der Waals surface area contributed by atoms with Gasteiger partial charge in [-0.15, -0.1) is 10.2 Å². The van der Waals surface area contributed by atoms with E-state index in [0.717, 1.165) is 16.9 Å². The second-order valence-corrected chi connectivity index (χ2v) is 9.05. The van der Waals surface area contributed by atoms with Gasteiger partial charge in [-0.25, -0.2) is 0 Å². The molecule has 32 heavy (non-hydrogen) atoms. The fourth-order valence-electron chi connectivity index (χ4n) is 3.24. The van der Waals surface area contributed by atoms with E-state index in [1.54, 1.807) is 12.4 Å². The molecule has 4 aromatic rings. The molecule has 1 amide bonds. The number of benzene rings is 2. The van der Waals surface area contributed by atoms with Crippen molar-refractivity contribution in [2.24, 2.45) is 0 Å². The van der Waals surface area contributed by atoms with Crippen LogP contribution in [-0.2, 0) is 4.79 Å². The maximum atomic E-state index is 12.9. The number of carbonyl (C=O) groups excluding carboxylic acids is 1. The number of pyridine rings is 1. The summed E-state index contributed by atoms with van der Waals surface area (Å²) in [6, 6.07) is 21.7. The van der Waals surface area contributed by atoms with Gasteiger partial charge < -0.3 is 5.32 Å². The SMILES string of the molecule is CC(Sc1nnc(-c2cccnc2)n1-c1ccccc1)C(=O)Nc1ccc(C(C)C)cc1. The quantitative estimate of drug-likeness (QED) is 0.378. The Morgan fingerprint density at radius 3 is 2.34 bits per heavy atom. The number of para-hydroxylation sites is 1. The average Bonchev–Trinajstić information content (AvgIpc) is 3.24. The highest BCUT2D eigenvalue weighted by Gasteiger charge is 2.22. The summed E-state index contributed by atoms with van der Waals surface area (Å²) in [5.41, 5.74) is 3.81. The summed E-state index contributed by atoms with van der Waals surface area (Å²) < 4.78 is 1.96. The molecule has 162 valence electrons. The number of thioether (sulfide) groups is 1. The number of hydrogen-bond acceptors (Lipinski definition) is 5. The van der Waals surface area contributed by atoms with Gasteiger partial charge >= 0.3 is 0 Å². The number of rotatable bonds is 7. The molecule has 1 unspecified atom stereocenters. The van der Waals surface area contributed by atoms with Gasteiger partial charge in [0.1, 0.15) is 0 Å². The summed E-state index contributed by atoms with van der Waals surface area (Å²) in [5, 5.41) is 12.1. The fourth-order valence-corrected chi connectivity index (χ4v) is 4.11. The van der Waals surface area contributed by atoms with E-state index >= 15 is 0 Å². The Balaban J connectivity index is 1.57. The fraction of sp³-hybridized carbons (Fsp3) is 0.200. The number of anilines is 1. The van der Waals surface area contributed by atoms with E-state index in [-0.39, 0.29) is 11.2 Å². The van der Waals surface area contributed by atoms with Crippen molar-refractivity contribution in [3.05, 3.63) is 84.7 Å². The third kappa shape index (κ3) is 4.89. The normalized spacial score (nSPS) is 12.0. The highest BCUT2D eigenvalue weighted by molar-refractivity contribution is 8.00. The number of nitrogens with zero attached hydrogens (tertiary/aromatic N) is 4. The molecule has 0 fully saturated rings. The second kappa shape index (κ2) is 9.78. The lowest BCUT2D eigenvalue weighted by Crippen LogP contribution is -2.22. The monoisotopic (exact) mass is 443 g/mol. The molecule has 4 rings (SSSR count). The number of nitrogens with one attached hydrogen (secondary N) is 1. The summed E-state index contributed by atoms with van der Waals surface area (Å²) in [4.78, 5) is 17.1. The van der Waals surface area contributed by atoms with Crippen LogP contribution in [0.15, 0.2) is 84.3 Å². The Morgan fingerprint density at radius 1 is 0.938 bits per heavy atom. The molecule has 2 heterocycles. The lowest BCUT2D eigenvalue weighted by Gasteiger charge is -2.14. The third-order valence-electron chi connectivity index (χ3n) is 5.06. The van der Waals surface area contributed by atoms with Gasteiger partial charge in [-0.3, -0.25) is 14.3 Å². The summed E-state index contributed by atoms with van der Waals surface area (Å²) >= 11 is 1.37. The Kier molecular flexibility index (Phi) is 6.66. The Bertz CT molecular complexity index is 1170. The number of carbonyl (C=O) groups is 1. The third-order valence-corrected chi connectivity index (χ3v) is 6.11. The predicted molar refractivity (Wildman–Crippen MR) is 129 cm³/mol. The number of hydrogen-bond donors (Lipinski definition) is 1. The van der Waals surface area contributed by atoms with Crippen LogP contribution in [0.2, 0.25) is 0 Å². The van der Waals surface area contributed by atoms with Crippen LogP contribution in [0, 0.1) is 0 Å². The molecule has 7 heteroatoms. The molecule has 0 radical (unpaired) electrons. The summed E-state index contributed by atoms with van der Waals surface area (Å²) in [6.07, 6.45) is 3.48. The minimum Gasteiger partial charge on any atom is -0.325 e. The van der Waals surface area contributed by atoms with Gasteiger partial charge in [-0.05, 0) is 54.8 Å². The Labute approximate surface area is 192 Å². The van der Waals surface area contributed by atoms with Gasteiger partial charge in [-0.1, -0.05) is 55.9 Å². The first-order valence-corrected chi connectivity index (χ1v) is 11.4. The van der Waals surface area contributed by atoms with Crippen LogP contribution < -0.4 is 5.32 Å². The minimum absolute atomic E-state index is 0.0853. The van der Waals surface area contributed by atoms with Crippen molar-refractivity contribution in [3.63, 3.8) is 0 Å². The summed E-state index contributed by atoms with van der Waals surface area (Å²) in [6.45, 7) is 6.17. The van der Waals surface area contributed by atoms with Gasteiger partial charge in [-0.2, -0.15) is 0 Å². The van der Waals surface area contributed by atoms with Crippen LogP contribution in [0.3, 0.4) is 0 Å². The Hall–Kier alpha value is -3.45. The number of amides is 1. The van der Waals surface area contributed by atoms with Crippen molar-refractivity contribution in [2.75, 3.05) is 5.32 Å². The first-order chi connectivity index (χ1) is 15.5. The molecule has 6 nitrogen and oxygen atoms in total. The molecule has 0 bridgehead atoms. The molecular weight excluding hydrogens is 418 g/mol. The highest BCUT2D eigenvalue weighted by atomic mass is 32.2. The first kappa shape index (κ1) is 21.8. The molecule has 0 aliphatic carbocycles. The zero-order valence-electron chi connectivity index (χ0n) is 18.3. The molecule has 0 saturated heterocycles. The van der Waals surface area contributed by atoms with E-state index in [4.69, 9.17) is 0 Å². The lowest BCUT2D eigenvalue weighted by molar-refractivity contribution is -0.115. The zero-order valence-corrected chi connectivity index (χ0v) is 19.1. The van der Waals surface area contributed by atoms with E-state index in [2.05, 4.69) is 34.3 Å². The summed E-state index contributed by atoms with van der Waals surface area (Å²) in [5.74, 6) is 1.05. The van der Waals surface area contributed by atoms with E-state index in [1.807, 2.05) is 78.2 Å². The zero-order chi connectivity index (χ0) is 22.5. The predicted octanol–water partition coefficient (Wildman–Crippen LogP) is 5.57. The van der Waals surface area contributed by atoms with Gasteiger partial charge in [0.25, 0.3) is 0 Å².